The van der Waals surface area contributed by atoms with E-state index in [9.17, 15) is 13.2 Å². The third-order valence-corrected chi connectivity index (χ3v) is 3.00. The van der Waals surface area contributed by atoms with Crippen LogP contribution in [0.25, 0.3) is 22.4 Å². The first-order chi connectivity index (χ1) is 9.04. The molecule has 0 radical (unpaired) electrons. The summed E-state index contributed by atoms with van der Waals surface area (Å²) in [6.45, 7) is 0. The summed E-state index contributed by atoms with van der Waals surface area (Å²) in [7, 11) is 0. The first-order valence-electron chi connectivity index (χ1n) is 5.35. The van der Waals surface area contributed by atoms with E-state index in [0.717, 1.165) is 18.2 Å². The molecule has 0 saturated heterocycles. The van der Waals surface area contributed by atoms with E-state index in [-0.39, 0.29) is 21.9 Å². The average Bonchev–Trinajstić information content (AvgIpc) is 2.72. The van der Waals surface area contributed by atoms with Gasteiger partial charge in [0.2, 0.25) is 0 Å². The lowest BCUT2D eigenvalue weighted by molar-refractivity contribution is 0.590. The van der Waals surface area contributed by atoms with Crippen LogP contribution in [0.15, 0.2) is 30.3 Å². The lowest BCUT2D eigenvalue weighted by atomic mass is 10.2. The number of halogens is 4. The maximum Gasteiger partial charge on any atom is 0.153 e. The van der Waals surface area contributed by atoms with E-state index in [1.54, 1.807) is 0 Å². The van der Waals surface area contributed by atoms with Crippen LogP contribution in [0.2, 0.25) is 5.02 Å². The molecular formula is C13H6ClF3N2. The fourth-order valence-electron chi connectivity index (χ4n) is 1.85. The van der Waals surface area contributed by atoms with E-state index in [2.05, 4.69) is 9.97 Å². The maximum absolute atomic E-state index is 13.5. The largest absolute Gasteiger partial charge is 0.338 e. The van der Waals surface area contributed by atoms with Crippen molar-refractivity contribution in [2.24, 2.45) is 0 Å². The second kappa shape index (κ2) is 4.28. The molecule has 0 saturated carbocycles. The van der Waals surface area contributed by atoms with Crippen molar-refractivity contribution < 1.29 is 13.2 Å². The number of aromatic amines is 1. The van der Waals surface area contributed by atoms with E-state index in [1.165, 1.54) is 12.1 Å². The second-order valence-electron chi connectivity index (χ2n) is 3.99. The number of imidazole rings is 1. The van der Waals surface area contributed by atoms with Crippen LogP contribution in [-0.4, -0.2) is 9.97 Å². The molecule has 0 unspecified atom stereocenters. The Balaban J connectivity index is 2.23. The smallest absolute Gasteiger partial charge is 0.153 e. The SMILES string of the molecule is Fc1ccc(-c2nc3c(F)cc(F)cc3[nH]2)c(Cl)c1. The summed E-state index contributed by atoms with van der Waals surface area (Å²) < 4.78 is 39.6. The van der Waals surface area contributed by atoms with Gasteiger partial charge in [0.15, 0.2) is 5.82 Å². The topological polar surface area (TPSA) is 28.7 Å². The molecule has 0 spiro atoms. The summed E-state index contributed by atoms with van der Waals surface area (Å²) in [6, 6.07) is 5.64. The zero-order valence-corrected chi connectivity index (χ0v) is 10.1. The molecule has 0 fully saturated rings. The molecule has 2 aromatic carbocycles. The predicted octanol–water partition coefficient (Wildman–Crippen LogP) is 4.30. The number of H-pyrrole nitrogens is 1. The number of fused-ring (bicyclic) bond motifs is 1. The molecule has 96 valence electrons. The van der Waals surface area contributed by atoms with Gasteiger partial charge in [0.05, 0.1) is 10.5 Å². The number of nitrogens with one attached hydrogen (secondary N) is 1. The van der Waals surface area contributed by atoms with Gasteiger partial charge >= 0.3 is 0 Å². The lowest BCUT2D eigenvalue weighted by Crippen LogP contribution is -1.83. The maximum atomic E-state index is 13.5. The van der Waals surface area contributed by atoms with E-state index in [4.69, 9.17) is 11.6 Å². The number of aromatic nitrogens is 2. The van der Waals surface area contributed by atoms with E-state index in [0.29, 0.717) is 5.56 Å². The summed E-state index contributed by atoms with van der Waals surface area (Å²) in [5.74, 6) is -1.70. The quantitative estimate of drug-likeness (QED) is 0.708. The van der Waals surface area contributed by atoms with Crippen LogP contribution < -0.4 is 0 Å². The number of nitrogens with zero attached hydrogens (tertiary/aromatic N) is 1. The second-order valence-corrected chi connectivity index (χ2v) is 4.40. The molecule has 1 heterocycles. The van der Waals surface area contributed by atoms with Gasteiger partial charge in [0.25, 0.3) is 0 Å². The monoisotopic (exact) mass is 282 g/mol. The Hall–Kier alpha value is -2.01. The Morgan fingerprint density at radius 1 is 1.00 bits per heavy atom. The van der Waals surface area contributed by atoms with E-state index in [1.807, 2.05) is 0 Å². The van der Waals surface area contributed by atoms with Gasteiger partial charge in [0, 0.05) is 11.6 Å². The fraction of sp³-hybridized carbons (Fsp3) is 0. The molecule has 0 amide bonds. The van der Waals surface area contributed by atoms with Crippen molar-refractivity contribution in [2.45, 2.75) is 0 Å². The van der Waals surface area contributed by atoms with Crippen LogP contribution in [0.5, 0.6) is 0 Å². The highest BCUT2D eigenvalue weighted by molar-refractivity contribution is 6.33. The first kappa shape index (κ1) is 12.0. The molecule has 1 aromatic heterocycles. The number of hydrogen-bond acceptors (Lipinski definition) is 1. The van der Waals surface area contributed by atoms with Gasteiger partial charge in [-0.15, -0.1) is 0 Å². The third-order valence-electron chi connectivity index (χ3n) is 2.69. The van der Waals surface area contributed by atoms with Gasteiger partial charge in [-0.2, -0.15) is 0 Å². The predicted molar refractivity (Wildman–Crippen MR) is 66.4 cm³/mol. The van der Waals surface area contributed by atoms with Crippen molar-refractivity contribution in [2.75, 3.05) is 0 Å². The summed E-state index contributed by atoms with van der Waals surface area (Å²) >= 11 is 5.89. The Morgan fingerprint density at radius 2 is 1.79 bits per heavy atom. The summed E-state index contributed by atoms with van der Waals surface area (Å²) in [4.78, 5) is 6.77. The molecular weight excluding hydrogens is 277 g/mol. The van der Waals surface area contributed by atoms with Crippen LogP contribution in [0.4, 0.5) is 13.2 Å². The van der Waals surface area contributed by atoms with Gasteiger partial charge in [-0.1, -0.05) is 11.6 Å². The number of rotatable bonds is 1. The van der Waals surface area contributed by atoms with E-state index >= 15 is 0 Å². The summed E-state index contributed by atoms with van der Waals surface area (Å²) in [5.41, 5.74) is 0.642. The minimum atomic E-state index is -0.768. The van der Waals surface area contributed by atoms with Crippen molar-refractivity contribution in [1.82, 2.24) is 9.97 Å². The van der Waals surface area contributed by atoms with Crippen LogP contribution in [0.3, 0.4) is 0 Å². The highest BCUT2D eigenvalue weighted by atomic mass is 35.5. The van der Waals surface area contributed by atoms with Gasteiger partial charge in [-0.05, 0) is 24.3 Å². The molecule has 0 atom stereocenters. The molecule has 19 heavy (non-hydrogen) atoms. The van der Waals surface area contributed by atoms with Gasteiger partial charge in [-0.3, -0.25) is 0 Å². The highest BCUT2D eigenvalue weighted by Gasteiger charge is 2.13. The van der Waals surface area contributed by atoms with Crippen LogP contribution >= 0.6 is 11.6 Å². The van der Waals surface area contributed by atoms with Gasteiger partial charge < -0.3 is 4.98 Å². The molecule has 3 aromatic rings. The standard InChI is InChI=1S/C13H6ClF3N2/c14-9-3-6(15)1-2-8(9)13-18-11-5-7(16)4-10(17)12(11)19-13/h1-5H,(H,18,19). The molecule has 0 aliphatic rings. The van der Waals surface area contributed by atoms with E-state index < -0.39 is 17.5 Å². The minimum Gasteiger partial charge on any atom is -0.338 e. The Kier molecular flexibility index (Phi) is 2.71. The molecule has 6 heteroatoms. The van der Waals surface area contributed by atoms with Crippen LogP contribution in [0, 0.1) is 17.5 Å². The molecule has 0 aliphatic carbocycles. The normalized spacial score (nSPS) is 11.2. The minimum absolute atomic E-state index is 0.0109. The van der Waals surface area contributed by atoms with Crippen molar-refractivity contribution in [3.63, 3.8) is 0 Å². The average molecular weight is 283 g/mol. The molecule has 0 aliphatic heterocycles. The van der Waals surface area contributed by atoms with Crippen LogP contribution in [0.1, 0.15) is 0 Å². The van der Waals surface area contributed by atoms with Crippen molar-refractivity contribution in [3.8, 4) is 11.4 Å². The van der Waals surface area contributed by atoms with Crippen LogP contribution in [-0.2, 0) is 0 Å². The molecule has 2 nitrogen and oxygen atoms in total. The zero-order valence-electron chi connectivity index (χ0n) is 9.35. The van der Waals surface area contributed by atoms with Gasteiger partial charge in [-0.25, -0.2) is 18.2 Å². The first-order valence-corrected chi connectivity index (χ1v) is 5.72. The fourth-order valence-corrected chi connectivity index (χ4v) is 2.11. The van der Waals surface area contributed by atoms with Crippen molar-refractivity contribution in [1.29, 1.82) is 0 Å². The summed E-state index contributed by atoms with van der Waals surface area (Å²) in [5, 5.41) is 0.139. The Morgan fingerprint density at radius 3 is 2.53 bits per heavy atom. The molecule has 0 bridgehead atoms. The van der Waals surface area contributed by atoms with Crippen molar-refractivity contribution >= 4 is 22.6 Å². The number of benzene rings is 2. The Bertz CT molecular complexity index is 783. The number of hydrogen-bond donors (Lipinski definition) is 1. The Labute approximate surface area is 110 Å². The molecule has 3 rings (SSSR count). The lowest BCUT2D eigenvalue weighted by Gasteiger charge is -1.99. The third kappa shape index (κ3) is 2.06. The molecule has 1 N–H and O–H groups in total. The van der Waals surface area contributed by atoms with Gasteiger partial charge in [0.1, 0.15) is 23.0 Å². The van der Waals surface area contributed by atoms with Crippen molar-refractivity contribution in [3.05, 3.63) is 52.8 Å². The zero-order chi connectivity index (χ0) is 13.6. The highest BCUT2D eigenvalue weighted by Crippen LogP contribution is 2.29. The summed E-state index contributed by atoms with van der Waals surface area (Å²) in [6.07, 6.45) is 0.